The summed E-state index contributed by atoms with van der Waals surface area (Å²) < 4.78 is 29.2. The maximum atomic E-state index is 12.9. The lowest BCUT2D eigenvalue weighted by molar-refractivity contribution is -0.122. The molecular weight excluding hydrogens is 422 g/mol. The molecule has 168 valence electrons. The molecule has 0 saturated heterocycles. The quantitative estimate of drug-likeness (QED) is 0.514. The Labute approximate surface area is 181 Å². The molecule has 0 aromatic carbocycles. The topological polar surface area (TPSA) is 119 Å². The largest absolute Gasteiger partial charge is 0.350 e. The highest BCUT2D eigenvalue weighted by molar-refractivity contribution is 5.90. The van der Waals surface area contributed by atoms with Crippen molar-refractivity contribution in [3.05, 3.63) is 42.0 Å². The fourth-order valence-corrected chi connectivity index (χ4v) is 3.49. The molecule has 10 nitrogen and oxygen atoms in total. The van der Waals surface area contributed by atoms with Gasteiger partial charge >= 0.3 is 0 Å². The summed E-state index contributed by atoms with van der Waals surface area (Å²) >= 11 is 0. The van der Waals surface area contributed by atoms with Crippen LogP contribution >= 0.6 is 0 Å². The van der Waals surface area contributed by atoms with Gasteiger partial charge in [-0.15, -0.1) is 0 Å². The summed E-state index contributed by atoms with van der Waals surface area (Å²) in [7, 11) is 0. The third-order valence-corrected chi connectivity index (χ3v) is 5.66. The molecule has 32 heavy (non-hydrogen) atoms. The normalized spacial score (nSPS) is 19.1. The smallest absolute Gasteiger partial charge is 0.289 e. The Hall–Kier alpha value is -3.44. The Bertz CT molecular complexity index is 1170. The van der Waals surface area contributed by atoms with Crippen molar-refractivity contribution in [2.24, 2.45) is 11.8 Å². The second-order valence-corrected chi connectivity index (χ2v) is 8.39. The average molecular weight is 444 g/mol. The number of nitrogens with one attached hydrogen (secondary N) is 2. The van der Waals surface area contributed by atoms with Gasteiger partial charge in [0.15, 0.2) is 0 Å². The van der Waals surface area contributed by atoms with Crippen molar-refractivity contribution in [3.63, 3.8) is 0 Å². The zero-order valence-electron chi connectivity index (χ0n) is 17.2. The van der Waals surface area contributed by atoms with Crippen LogP contribution in [-0.4, -0.2) is 46.9 Å². The second-order valence-electron chi connectivity index (χ2n) is 8.39. The number of alkyl halides is 2. The van der Waals surface area contributed by atoms with E-state index in [4.69, 9.17) is 0 Å². The minimum atomic E-state index is -2.71. The van der Waals surface area contributed by atoms with E-state index in [2.05, 4.69) is 30.7 Å². The molecule has 12 heteroatoms. The van der Waals surface area contributed by atoms with Gasteiger partial charge in [0.1, 0.15) is 6.33 Å². The first kappa shape index (κ1) is 20.5. The van der Waals surface area contributed by atoms with Crippen LogP contribution in [0.3, 0.4) is 0 Å². The van der Waals surface area contributed by atoms with Crippen molar-refractivity contribution >= 4 is 17.6 Å². The first-order chi connectivity index (χ1) is 15.4. The van der Waals surface area contributed by atoms with Crippen molar-refractivity contribution < 1.29 is 18.4 Å². The number of imidazole rings is 1. The highest BCUT2D eigenvalue weighted by atomic mass is 19.3. The molecule has 1 atom stereocenters. The van der Waals surface area contributed by atoms with Gasteiger partial charge in [0, 0.05) is 37.7 Å². The van der Waals surface area contributed by atoms with Crippen molar-refractivity contribution in [1.82, 2.24) is 39.8 Å². The molecule has 3 aromatic rings. The molecule has 2 N–H and O–H groups in total. The molecule has 2 saturated carbocycles. The molecular formula is C20H22F2N8O2. The lowest BCUT2D eigenvalue weighted by Crippen LogP contribution is -2.27. The van der Waals surface area contributed by atoms with E-state index < -0.39 is 17.7 Å². The van der Waals surface area contributed by atoms with Gasteiger partial charge in [-0.2, -0.15) is 5.10 Å². The third kappa shape index (κ3) is 4.58. The van der Waals surface area contributed by atoms with Crippen LogP contribution < -0.4 is 10.6 Å². The van der Waals surface area contributed by atoms with Crippen LogP contribution in [0.5, 0.6) is 0 Å². The minimum absolute atomic E-state index is 0.128. The highest BCUT2D eigenvalue weighted by Crippen LogP contribution is 2.50. The van der Waals surface area contributed by atoms with E-state index in [1.54, 1.807) is 27.5 Å². The zero-order chi connectivity index (χ0) is 22.3. The van der Waals surface area contributed by atoms with Crippen LogP contribution in [0.1, 0.15) is 47.7 Å². The Morgan fingerprint density at radius 1 is 1.16 bits per heavy atom. The number of aromatic nitrogens is 6. The molecule has 1 unspecified atom stereocenters. The lowest BCUT2D eigenvalue weighted by Gasteiger charge is -2.05. The van der Waals surface area contributed by atoms with Crippen LogP contribution in [-0.2, 0) is 24.4 Å². The number of carbonyl (C=O) groups is 2. The van der Waals surface area contributed by atoms with Crippen LogP contribution in [0.15, 0.2) is 24.8 Å². The molecule has 0 spiro atoms. The molecule has 0 aliphatic heterocycles. The van der Waals surface area contributed by atoms with E-state index in [-0.39, 0.29) is 37.7 Å². The fourth-order valence-electron chi connectivity index (χ4n) is 3.49. The Morgan fingerprint density at radius 2 is 1.91 bits per heavy atom. The summed E-state index contributed by atoms with van der Waals surface area (Å²) in [6.45, 7) is 1.02. The standard InChI is InChI=1S/C20H22F2N8O2/c21-20(22)6-13(20)5-16(31)23-7-14-3-4-29-10-15(28-19(29)27-14)8-24-18(32)17-25-11-26-30(17)9-12-1-2-12/h3-4,10-13H,1-2,5-9H2,(H,23,31)(H,24,32). The van der Waals surface area contributed by atoms with Crippen LogP contribution in [0.25, 0.3) is 5.78 Å². The number of carbonyl (C=O) groups excluding carboxylic acids is 2. The van der Waals surface area contributed by atoms with Gasteiger partial charge in [0.2, 0.25) is 17.5 Å². The van der Waals surface area contributed by atoms with E-state index in [1.807, 2.05) is 0 Å². The predicted octanol–water partition coefficient (Wildman–Crippen LogP) is 1.32. The van der Waals surface area contributed by atoms with E-state index in [9.17, 15) is 18.4 Å². The Morgan fingerprint density at radius 3 is 2.66 bits per heavy atom. The van der Waals surface area contributed by atoms with E-state index >= 15 is 0 Å². The van der Waals surface area contributed by atoms with Crippen molar-refractivity contribution in [1.29, 1.82) is 0 Å². The lowest BCUT2D eigenvalue weighted by atomic mass is 10.2. The van der Waals surface area contributed by atoms with Gasteiger partial charge in [-0.05, 0) is 24.8 Å². The Balaban J connectivity index is 1.16. The van der Waals surface area contributed by atoms with Crippen molar-refractivity contribution in [2.75, 3.05) is 0 Å². The number of halogens is 2. The number of hydrogen-bond donors (Lipinski definition) is 2. The maximum absolute atomic E-state index is 12.9. The van der Waals surface area contributed by atoms with Gasteiger partial charge in [-0.25, -0.2) is 28.4 Å². The number of rotatable bonds is 9. The number of fused-ring (bicyclic) bond motifs is 1. The maximum Gasteiger partial charge on any atom is 0.289 e. The molecule has 5 rings (SSSR count). The summed E-state index contributed by atoms with van der Waals surface area (Å²) in [5.41, 5.74) is 1.17. The second kappa shape index (κ2) is 7.92. The fraction of sp³-hybridized carbons (Fsp3) is 0.500. The number of nitrogens with zero attached hydrogens (tertiary/aromatic N) is 6. The SMILES string of the molecule is O=C(CC1CC1(F)F)NCc1ccn2cc(CNC(=O)c3ncnn3CC3CC3)nc2n1. The molecule has 3 heterocycles. The average Bonchev–Trinajstić information content (AvgIpc) is 3.54. The first-order valence-corrected chi connectivity index (χ1v) is 10.5. The molecule has 2 aliphatic rings. The summed E-state index contributed by atoms with van der Waals surface area (Å²) in [4.78, 5) is 37.1. The van der Waals surface area contributed by atoms with Gasteiger partial charge in [0.05, 0.1) is 24.5 Å². The zero-order valence-corrected chi connectivity index (χ0v) is 17.2. The third-order valence-electron chi connectivity index (χ3n) is 5.66. The number of amides is 2. The minimum Gasteiger partial charge on any atom is -0.350 e. The summed E-state index contributed by atoms with van der Waals surface area (Å²) in [5, 5.41) is 9.53. The highest BCUT2D eigenvalue weighted by Gasteiger charge is 2.57. The van der Waals surface area contributed by atoms with Crippen LogP contribution in [0.2, 0.25) is 0 Å². The van der Waals surface area contributed by atoms with Crippen LogP contribution in [0.4, 0.5) is 8.78 Å². The van der Waals surface area contributed by atoms with Gasteiger partial charge < -0.3 is 10.6 Å². The van der Waals surface area contributed by atoms with Gasteiger partial charge in [0.25, 0.3) is 11.8 Å². The monoisotopic (exact) mass is 444 g/mol. The molecule has 0 radical (unpaired) electrons. The van der Waals surface area contributed by atoms with E-state index in [0.717, 1.165) is 12.8 Å². The summed E-state index contributed by atoms with van der Waals surface area (Å²) in [6.07, 6.45) is 6.75. The van der Waals surface area contributed by atoms with Crippen molar-refractivity contribution in [3.8, 4) is 0 Å². The van der Waals surface area contributed by atoms with Gasteiger partial charge in [-0.1, -0.05) is 0 Å². The van der Waals surface area contributed by atoms with E-state index in [0.29, 0.717) is 29.6 Å². The van der Waals surface area contributed by atoms with E-state index in [1.165, 1.54) is 6.33 Å². The molecule has 0 bridgehead atoms. The Kier molecular flexibility index (Phi) is 5.06. The first-order valence-electron chi connectivity index (χ1n) is 10.5. The predicted molar refractivity (Wildman–Crippen MR) is 106 cm³/mol. The molecule has 2 amide bonds. The van der Waals surface area contributed by atoms with Gasteiger partial charge in [-0.3, -0.25) is 14.0 Å². The molecule has 2 fully saturated rings. The van der Waals surface area contributed by atoms with Crippen molar-refractivity contribution in [2.45, 2.75) is 51.2 Å². The molecule has 2 aliphatic carbocycles. The molecule has 3 aromatic heterocycles. The summed E-state index contributed by atoms with van der Waals surface area (Å²) in [6, 6.07) is 1.71. The summed E-state index contributed by atoms with van der Waals surface area (Å²) in [5.74, 6) is -3.05. The number of hydrogen-bond acceptors (Lipinski definition) is 6. The van der Waals surface area contributed by atoms with Crippen LogP contribution in [0, 0.1) is 11.8 Å².